The van der Waals surface area contributed by atoms with Crippen LogP contribution in [0.3, 0.4) is 0 Å². The molecule has 0 radical (unpaired) electrons. The van der Waals surface area contributed by atoms with E-state index in [0.29, 0.717) is 55.7 Å². The second-order valence-corrected chi connectivity index (χ2v) is 20.3. The van der Waals surface area contributed by atoms with Gasteiger partial charge in [-0.15, -0.1) is 0 Å². The van der Waals surface area contributed by atoms with Crippen LogP contribution in [0.5, 0.6) is 17.2 Å². The second kappa shape index (κ2) is 22.3. The number of rotatable bonds is 19. The molecule has 1 aliphatic carbocycles. The third-order valence-electron chi connectivity index (χ3n) is 13.3. The Labute approximate surface area is 411 Å². The van der Waals surface area contributed by atoms with E-state index in [9.17, 15) is 20.2 Å². The molecular formula is C52H68N6O8S2. The Kier molecular flexibility index (Phi) is 17.1. The zero-order chi connectivity index (χ0) is 49.4. The van der Waals surface area contributed by atoms with E-state index in [1.807, 2.05) is 44.3 Å². The first kappa shape index (κ1) is 52.0. The first-order valence-corrected chi connectivity index (χ1v) is 24.9. The molecule has 0 fully saturated rings. The number of aryl methyl sites for hydroxylation is 1. The summed E-state index contributed by atoms with van der Waals surface area (Å²) in [7, 11) is 4.16. The molecule has 1 spiro atoms. The van der Waals surface area contributed by atoms with Crippen LogP contribution in [0.1, 0.15) is 103 Å². The van der Waals surface area contributed by atoms with Gasteiger partial charge in [0.1, 0.15) is 11.5 Å². The lowest BCUT2D eigenvalue weighted by Gasteiger charge is -2.48. The Bertz CT molecular complexity index is 2500. The number of thiocarbonyl (C=S) groups is 1. The lowest BCUT2D eigenvalue weighted by molar-refractivity contribution is -0.424. The molecule has 7 rings (SSSR count). The molecule has 0 saturated carbocycles. The molecule has 0 saturated heterocycles. The number of hydrogen-bond donors (Lipinski definition) is 2. The quantitative estimate of drug-likeness (QED) is 0.0380. The highest BCUT2D eigenvalue weighted by molar-refractivity contribution is 8.01. The summed E-state index contributed by atoms with van der Waals surface area (Å²) in [5, 5.41) is 23.4. The van der Waals surface area contributed by atoms with E-state index >= 15 is 0 Å². The number of nitrogens with two attached hydrogens (primary N) is 2. The van der Waals surface area contributed by atoms with Crippen LogP contribution >= 0.6 is 24.0 Å². The van der Waals surface area contributed by atoms with Crippen molar-refractivity contribution < 1.29 is 28.8 Å². The predicted molar refractivity (Wildman–Crippen MR) is 277 cm³/mol. The number of benzene rings is 3. The van der Waals surface area contributed by atoms with E-state index in [-0.39, 0.29) is 37.8 Å². The van der Waals surface area contributed by atoms with E-state index < -0.39 is 4.92 Å². The minimum absolute atomic E-state index is 0.0630. The number of nitrogens with zero attached hydrogens (tertiary/aromatic N) is 4. The Morgan fingerprint density at radius 1 is 0.765 bits per heavy atom. The predicted octanol–water partition coefficient (Wildman–Crippen LogP) is 10.9. The molecule has 3 aromatic carbocycles. The molecular weight excluding hydrogens is 901 g/mol. The molecule has 0 amide bonds. The van der Waals surface area contributed by atoms with E-state index in [2.05, 4.69) is 75.7 Å². The SMILES string of the molecule is CCCCOC1=CC(=S)C(=CC=C2N(C)c3cc(OCCCN)ccc3C2(C)C)C=C1[N+](=O)[O-].CCCCOc1cc2c(cc1[N+](=O)[O-])CCC1(S2)N(C)c2cc(OCCCN)ccc2C1(C)C. The summed E-state index contributed by atoms with van der Waals surface area (Å²) in [4.78, 5) is 28.5. The highest BCUT2D eigenvalue weighted by Crippen LogP contribution is 2.63. The molecule has 1 unspecified atom stereocenters. The summed E-state index contributed by atoms with van der Waals surface area (Å²) in [5.74, 6) is 2.26. The van der Waals surface area contributed by atoms with Gasteiger partial charge in [-0.3, -0.25) is 20.2 Å². The number of allylic oxidation sites excluding steroid dienone is 6. The first-order valence-electron chi connectivity index (χ1n) is 23.7. The van der Waals surface area contributed by atoms with Crippen LogP contribution in [0.15, 0.2) is 100 Å². The van der Waals surface area contributed by atoms with Crippen molar-refractivity contribution in [3.63, 3.8) is 0 Å². The smallest absolute Gasteiger partial charge is 0.311 e. The second-order valence-electron chi connectivity index (χ2n) is 18.5. The fourth-order valence-electron chi connectivity index (χ4n) is 9.32. The van der Waals surface area contributed by atoms with Gasteiger partial charge in [0.05, 0.1) is 41.1 Å². The van der Waals surface area contributed by atoms with Crippen LogP contribution in [0, 0.1) is 20.2 Å². The summed E-state index contributed by atoms with van der Waals surface area (Å²) in [6.07, 6.45) is 13.8. The average molecular weight is 969 g/mol. The van der Waals surface area contributed by atoms with Crippen molar-refractivity contribution in [2.45, 2.75) is 114 Å². The average Bonchev–Trinajstić information content (AvgIpc) is 3.59. The van der Waals surface area contributed by atoms with Crippen LogP contribution in [0.25, 0.3) is 0 Å². The van der Waals surface area contributed by atoms with E-state index in [1.165, 1.54) is 22.9 Å². The Morgan fingerprint density at radius 2 is 1.37 bits per heavy atom. The Balaban J connectivity index is 0.000000224. The molecule has 3 aromatic rings. The van der Waals surface area contributed by atoms with Gasteiger partial charge in [-0.25, -0.2) is 0 Å². The lowest BCUT2D eigenvalue weighted by atomic mass is 9.77. The van der Waals surface area contributed by atoms with Crippen molar-refractivity contribution in [1.29, 1.82) is 0 Å². The number of likely N-dealkylation sites (N-methyl/N-ethyl adjacent to an activating group) is 2. The number of hydrogen-bond acceptors (Lipinski definition) is 14. The van der Waals surface area contributed by atoms with Gasteiger partial charge < -0.3 is 40.2 Å². The zero-order valence-corrected chi connectivity index (χ0v) is 42.5. The maximum Gasteiger partial charge on any atom is 0.311 e. The summed E-state index contributed by atoms with van der Waals surface area (Å²) < 4.78 is 23.2. The molecule has 16 heteroatoms. The molecule has 4 N–H and O–H groups in total. The monoisotopic (exact) mass is 968 g/mol. The van der Waals surface area contributed by atoms with Crippen molar-refractivity contribution in [2.24, 2.45) is 11.5 Å². The van der Waals surface area contributed by atoms with E-state index in [0.717, 1.165) is 84.7 Å². The van der Waals surface area contributed by atoms with Gasteiger partial charge in [0.15, 0.2) is 11.5 Å². The van der Waals surface area contributed by atoms with Gasteiger partial charge in [0.25, 0.3) is 0 Å². The molecule has 1 atom stereocenters. The standard InChI is InChI=1S/C26H35N3O4S.C26H33N3O4S/c1-5-6-13-33-23-17-24-18(15-22(23)29(30)31)10-11-26(34-24)25(2,3)20-9-8-19(32-14-7-12-27)16-21(20)28(26)4;1-5-6-13-33-23-17-24(34)18(15-22(23)29(30)31)8-11-25-26(2,3)20-10-9-19(32-14-7-12-27)16-21(20)28(25)4/h8-9,15-17H,5-7,10-14,27H2,1-4H3;8-11,15-17H,5-7,12-14,27H2,1-4H3. The lowest BCUT2D eigenvalue weighted by Crippen LogP contribution is -2.53. The van der Waals surface area contributed by atoms with Gasteiger partial charge in [0, 0.05) is 88.2 Å². The van der Waals surface area contributed by atoms with Crippen LogP contribution in [-0.4, -0.2) is 73.2 Å². The number of ether oxygens (including phenoxy) is 4. The number of nitro groups is 2. The fraction of sp³-hybridized carbons (Fsp3) is 0.481. The largest absolute Gasteiger partial charge is 0.493 e. The molecule has 4 aliphatic rings. The van der Waals surface area contributed by atoms with Crippen molar-refractivity contribution in [1.82, 2.24) is 0 Å². The normalized spacial score (nSPS) is 19.7. The topological polar surface area (TPSA) is 182 Å². The molecule has 3 aliphatic heterocycles. The maximum absolute atomic E-state index is 11.7. The van der Waals surface area contributed by atoms with Crippen LogP contribution in [0.2, 0.25) is 0 Å². The number of unbranched alkanes of at least 4 members (excludes halogenated alkanes) is 2. The van der Waals surface area contributed by atoms with Crippen LogP contribution in [0.4, 0.5) is 17.1 Å². The third kappa shape index (κ3) is 10.7. The highest BCUT2D eigenvalue weighted by atomic mass is 32.2. The summed E-state index contributed by atoms with van der Waals surface area (Å²) in [6, 6.07) is 16.1. The summed E-state index contributed by atoms with van der Waals surface area (Å²) in [6.45, 7) is 16.3. The van der Waals surface area contributed by atoms with Gasteiger partial charge in [-0.05, 0) is 92.1 Å². The molecule has 68 heavy (non-hydrogen) atoms. The summed E-state index contributed by atoms with van der Waals surface area (Å²) in [5.41, 5.74) is 18.2. The highest BCUT2D eigenvalue weighted by Gasteiger charge is 2.57. The number of fused-ring (bicyclic) bond motifs is 3. The van der Waals surface area contributed by atoms with Crippen LogP contribution < -0.4 is 35.5 Å². The van der Waals surface area contributed by atoms with Crippen molar-refractivity contribution >= 4 is 45.9 Å². The van der Waals surface area contributed by atoms with Crippen molar-refractivity contribution in [2.75, 3.05) is 63.4 Å². The van der Waals surface area contributed by atoms with Crippen molar-refractivity contribution in [3.05, 3.63) is 132 Å². The van der Waals surface area contributed by atoms with Crippen molar-refractivity contribution in [3.8, 4) is 17.2 Å². The molecule has 366 valence electrons. The number of nitro benzene ring substituents is 1. The van der Waals surface area contributed by atoms with E-state index in [4.69, 9.17) is 42.6 Å². The fourth-order valence-corrected chi connectivity index (χ4v) is 11.2. The Morgan fingerprint density at radius 3 is 1.97 bits per heavy atom. The minimum atomic E-state index is -0.422. The van der Waals surface area contributed by atoms with Gasteiger partial charge in [-0.1, -0.05) is 96.6 Å². The maximum atomic E-state index is 11.7. The molecule has 3 heterocycles. The molecule has 0 bridgehead atoms. The Hall–Kier alpha value is -5.42. The molecule has 0 aromatic heterocycles. The van der Waals surface area contributed by atoms with Gasteiger partial charge in [0.2, 0.25) is 0 Å². The van der Waals surface area contributed by atoms with E-state index in [1.54, 1.807) is 23.9 Å². The minimum Gasteiger partial charge on any atom is -0.493 e. The molecule has 14 nitrogen and oxygen atoms in total. The summed E-state index contributed by atoms with van der Waals surface area (Å²) >= 11 is 7.33. The number of anilines is 2. The zero-order valence-electron chi connectivity index (χ0n) is 40.9. The third-order valence-corrected chi connectivity index (χ3v) is 15.6. The van der Waals surface area contributed by atoms with Gasteiger partial charge >= 0.3 is 11.4 Å². The number of thioether (sulfide) groups is 1. The van der Waals surface area contributed by atoms with Crippen LogP contribution in [-0.2, 0) is 22.0 Å². The van der Waals surface area contributed by atoms with Gasteiger partial charge in [-0.2, -0.15) is 0 Å². The first-order chi connectivity index (χ1) is 32.4.